The lowest BCUT2D eigenvalue weighted by molar-refractivity contribution is 0.0377. The number of nitrogens with zero attached hydrogens (tertiary/aromatic N) is 3. The highest BCUT2D eigenvalue weighted by atomic mass is 16.6. The molecule has 0 saturated heterocycles. The highest BCUT2D eigenvalue weighted by molar-refractivity contribution is 5.83. The molecule has 0 atom stereocenters. The molecule has 1 aliphatic carbocycles. The molecule has 0 bridgehead atoms. The van der Waals surface area contributed by atoms with Gasteiger partial charge in [-0.25, -0.2) is 9.78 Å². The van der Waals surface area contributed by atoms with Crippen molar-refractivity contribution in [3.63, 3.8) is 0 Å². The Kier molecular flexibility index (Phi) is 6.02. The topological polar surface area (TPSA) is 84.3 Å². The Morgan fingerprint density at radius 2 is 1.74 bits per heavy atom. The van der Waals surface area contributed by atoms with Gasteiger partial charge in [0.15, 0.2) is 0 Å². The quantitative estimate of drug-likeness (QED) is 0.256. The zero-order valence-corrected chi connectivity index (χ0v) is 22.8. The molecule has 0 radical (unpaired) electrons. The first-order valence-electron chi connectivity index (χ1n) is 13.4. The number of ether oxygens (including phenoxy) is 1. The van der Waals surface area contributed by atoms with E-state index in [1.807, 2.05) is 32.9 Å². The lowest BCUT2D eigenvalue weighted by Gasteiger charge is -2.43. The lowest BCUT2D eigenvalue weighted by Crippen LogP contribution is -2.52. The number of hydrogen-bond donors (Lipinski definition) is 2. The molecule has 39 heavy (non-hydrogen) atoms. The summed E-state index contributed by atoms with van der Waals surface area (Å²) in [5.41, 5.74) is 8.23. The molecule has 2 aromatic carbocycles. The summed E-state index contributed by atoms with van der Waals surface area (Å²) in [6.07, 6.45) is 6.37. The van der Waals surface area contributed by atoms with Gasteiger partial charge < -0.3 is 10.1 Å². The minimum absolute atomic E-state index is 0.374. The Labute approximate surface area is 228 Å². The Hall–Kier alpha value is -4.39. The second-order valence-electron chi connectivity index (χ2n) is 11.4. The van der Waals surface area contributed by atoms with E-state index in [1.54, 1.807) is 6.20 Å². The van der Waals surface area contributed by atoms with Gasteiger partial charge in [0.2, 0.25) is 0 Å². The maximum absolute atomic E-state index is 12.6. The average Bonchev–Trinajstić information content (AvgIpc) is 3.55. The molecule has 1 aliphatic rings. The molecule has 3 heterocycles. The van der Waals surface area contributed by atoms with E-state index in [-0.39, 0.29) is 6.09 Å². The molecule has 1 fully saturated rings. The van der Waals surface area contributed by atoms with Crippen LogP contribution in [0.25, 0.3) is 39.4 Å². The second-order valence-corrected chi connectivity index (χ2v) is 11.4. The third-order valence-electron chi connectivity index (χ3n) is 7.42. The van der Waals surface area contributed by atoms with Crippen LogP contribution in [0.2, 0.25) is 0 Å². The molecule has 7 heteroatoms. The van der Waals surface area contributed by atoms with Gasteiger partial charge in [-0.15, -0.1) is 0 Å². The average molecular weight is 520 g/mol. The summed E-state index contributed by atoms with van der Waals surface area (Å²) in [6, 6.07) is 22.9. The predicted molar refractivity (Wildman–Crippen MR) is 153 cm³/mol. The number of carbonyl (C=O) groups excluding carboxylic acids is 1. The summed E-state index contributed by atoms with van der Waals surface area (Å²) in [7, 11) is 0. The van der Waals surface area contributed by atoms with Gasteiger partial charge in [-0.05, 0) is 70.2 Å². The van der Waals surface area contributed by atoms with Crippen molar-refractivity contribution in [2.45, 2.75) is 58.1 Å². The van der Waals surface area contributed by atoms with Crippen LogP contribution >= 0.6 is 0 Å². The van der Waals surface area contributed by atoms with Crippen LogP contribution in [0.5, 0.6) is 0 Å². The van der Waals surface area contributed by atoms with Crippen molar-refractivity contribution in [2.75, 3.05) is 0 Å². The molecule has 1 saturated carbocycles. The molecule has 3 aromatic heterocycles. The monoisotopic (exact) mass is 519 g/mol. The molecular formula is C32H33N5O2. The fourth-order valence-corrected chi connectivity index (χ4v) is 5.41. The number of aryl methyl sites for hydroxylation is 1. The van der Waals surface area contributed by atoms with Crippen molar-refractivity contribution in [3.05, 3.63) is 90.3 Å². The number of amides is 1. The van der Waals surface area contributed by atoms with Gasteiger partial charge in [0.1, 0.15) is 11.2 Å². The van der Waals surface area contributed by atoms with E-state index in [0.717, 1.165) is 69.8 Å². The summed E-state index contributed by atoms with van der Waals surface area (Å²) in [6.45, 7) is 7.74. The van der Waals surface area contributed by atoms with Crippen LogP contribution < -0.4 is 5.32 Å². The van der Waals surface area contributed by atoms with Crippen molar-refractivity contribution in [2.24, 2.45) is 0 Å². The van der Waals surface area contributed by atoms with E-state index in [2.05, 4.69) is 87.6 Å². The number of aromatic nitrogens is 4. The number of alkyl carbamates (subject to hydrolysis) is 1. The van der Waals surface area contributed by atoms with Crippen LogP contribution in [-0.4, -0.2) is 31.3 Å². The number of pyridine rings is 1. The number of benzene rings is 2. The van der Waals surface area contributed by atoms with Gasteiger partial charge in [0, 0.05) is 29.1 Å². The van der Waals surface area contributed by atoms with Crippen LogP contribution in [0.1, 0.15) is 51.2 Å². The van der Waals surface area contributed by atoms with Gasteiger partial charge in [-0.1, -0.05) is 54.6 Å². The third kappa shape index (κ3) is 4.69. The molecule has 0 aliphatic heterocycles. The largest absolute Gasteiger partial charge is 0.444 e. The van der Waals surface area contributed by atoms with Crippen LogP contribution in [0, 0.1) is 6.92 Å². The fraction of sp³-hybridized carbons (Fsp3) is 0.281. The van der Waals surface area contributed by atoms with Gasteiger partial charge in [0.05, 0.1) is 22.6 Å². The summed E-state index contributed by atoms with van der Waals surface area (Å²) >= 11 is 0. The van der Waals surface area contributed by atoms with E-state index in [0.29, 0.717) is 0 Å². The third-order valence-corrected chi connectivity index (χ3v) is 7.42. The molecule has 0 spiro atoms. The van der Waals surface area contributed by atoms with E-state index >= 15 is 0 Å². The van der Waals surface area contributed by atoms with Crippen molar-refractivity contribution in [3.8, 4) is 33.8 Å². The van der Waals surface area contributed by atoms with Crippen LogP contribution in [0.15, 0.2) is 79.1 Å². The standard InChI is InChI=1S/C32H33N5O2/c1-21-19-24(26-15-18-33-36-26)20-37-28(23-9-6-5-7-10-23)27(34-29(21)37)22-11-13-25(14-12-22)32(16-8-17-32)35-30(38)39-31(2,3)4/h5-7,9-15,18-20H,8,16-17H2,1-4H3,(H,33,36)(H,35,38). The first kappa shape index (κ1) is 24.9. The number of fused-ring (bicyclic) bond motifs is 1. The highest BCUT2D eigenvalue weighted by Gasteiger charge is 2.41. The van der Waals surface area contributed by atoms with Crippen LogP contribution in [0.3, 0.4) is 0 Å². The molecule has 0 unspecified atom stereocenters. The summed E-state index contributed by atoms with van der Waals surface area (Å²) in [5.74, 6) is 0. The first-order valence-corrected chi connectivity index (χ1v) is 13.4. The van der Waals surface area contributed by atoms with Crippen molar-refractivity contribution < 1.29 is 9.53 Å². The summed E-state index contributed by atoms with van der Waals surface area (Å²) in [4.78, 5) is 17.8. The minimum Gasteiger partial charge on any atom is -0.444 e. The maximum atomic E-state index is 12.6. The minimum atomic E-state index is -0.536. The second kappa shape index (κ2) is 9.42. The molecule has 6 rings (SSSR count). The van der Waals surface area contributed by atoms with E-state index in [9.17, 15) is 4.79 Å². The normalized spacial score (nSPS) is 14.7. The Morgan fingerprint density at radius 1 is 1.00 bits per heavy atom. The van der Waals surface area contributed by atoms with Gasteiger partial charge >= 0.3 is 6.09 Å². The SMILES string of the molecule is Cc1cc(-c2ccn[nH]2)cn2c(-c3ccccc3)c(-c3ccc(C4(NC(=O)OC(C)(C)C)CCC4)cc3)nc12. The highest BCUT2D eigenvalue weighted by Crippen LogP contribution is 2.43. The van der Waals surface area contributed by atoms with E-state index < -0.39 is 11.1 Å². The maximum Gasteiger partial charge on any atom is 0.408 e. The van der Waals surface area contributed by atoms with Gasteiger partial charge in [-0.2, -0.15) is 5.10 Å². The molecule has 5 aromatic rings. The fourth-order valence-electron chi connectivity index (χ4n) is 5.41. The van der Waals surface area contributed by atoms with E-state index in [1.165, 1.54) is 0 Å². The number of carbonyl (C=O) groups is 1. The Balaban J connectivity index is 1.42. The Bertz CT molecular complexity index is 1620. The zero-order chi connectivity index (χ0) is 27.2. The van der Waals surface area contributed by atoms with Gasteiger partial charge in [-0.3, -0.25) is 9.50 Å². The molecule has 1 amide bonds. The summed E-state index contributed by atoms with van der Waals surface area (Å²) < 4.78 is 7.74. The van der Waals surface area contributed by atoms with Crippen LogP contribution in [0.4, 0.5) is 4.79 Å². The van der Waals surface area contributed by atoms with Gasteiger partial charge in [0.25, 0.3) is 0 Å². The zero-order valence-electron chi connectivity index (χ0n) is 22.8. The molecule has 2 N–H and O–H groups in total. The molecule has 7 nitrogen and oxygen atoms in total. The smallest absolute Gasteiger partial charge is 0.408 e. The number of imidazole rings is 1. The summed E-state index contributed by atoms with van der Waals surface area (Å²) in [5, 5.41) is 10.4. The lowest BCUT2D eigenvalue weighted by atomic mass is 9.71. The Morgan fingerprint density at radius 3 is 2.36 bits per heavy atom. The number of nitrogens with one attached hydrogen (secondary N) is 2. The van der Waals surface area contributed by atoms with E-state index in [4.69, 9.17) is 9.72 Å². The number of rotatable bonds is 5. The van der Waals surface area contributed by atoms with Crippen molar-refractivity contribution in [1.82, 2.24) is 24.9 Å². The molecule has 198 valence electrons. The van der Waals surface area contributed by atoms with Crippen LogP contribution in [-0.2, 0) is 10.3 Å². The van der Waals surface area contributed by atoms with Crippen molar-refractivity contribution in [1.29, 1.82) is 0 Å². The predicted octanol–water partition coefficient (Wildman–Crippen LogP) is 7.27. The first-order chi connectivity index (χ1) is 18.7. The molecular weight excluding hydrogens is 486 g/mol. The van der Waals surface area contributed by atoms with Crippen molar-refractivity contribution >= 4 is 11.7 Å². The number of aromatic amines is 1. The number of H-pyrrole nitrogens is 1. The number of hydrogen-bond acceptors (Lipinski definition) is 4.